The van der Waals surface area contributed by atoms with Gasteiger partial charge in [0.15, 0.2) is 0 Å². The van der Waals surface area contributed by atoms with Gasteiger partial charge in [0.2, 0.25) is 0 Å². The smallest absolute Gasteiger partial charge is 0.0541 e. The fourth-order valence-corrected chi connectivity index (χ4v) is 3.11. The summed E-state index contributed by atoms with van der Waals surface area (Å²) in [5.74, 6) is 0. The van der Waals surface area contributed by atoms with E-state index in [1.54, 1.807) is 0 Å². The SMILES string of the molecule is CC(CNC1CCC(O)CC1)N1CCCCC1. The van der Waals surface area contributed by atoms with Crippen LogP contribution in [0.4, 0.5) is 0 Å². The van der Waals surface area contributed by atoms with Crippen LogP contribution in [0.1, 0.15) is 51.9 Å². The summed E-state index contributed by atoms with van der Waals surface area (Å²) in [6, 6.07) is 1.31. The molecule has 1 saturated carbocycles. The summed E-state index contributed by atoms with van der Waals surface area (Å²) < 4.78 is 0. The zero-order valence-electron chi connectivity index (χ0n) is 11.2. The lowest BCUT2D eigenvalue weighted by molar-refractivity contribution is 0.112. The zero-order valence-corrected chi connectivity index (χ0v) is 11.2. The molecule has 0 aromatic carbocycles. The van der Waals surface area contributed by atoms with Crippen LogP contribution >= 0.6 is 0 Å². The molecule has 3 heteroatoms. The van der Waals surface area contributed by atoms with Crippen molar-refractivity contribution in [2.45, 2.75) is 70.1 Å². The summed E-state index contributed by atoms with van der Waals surface area (Å²) in [5, 5.41) is 13.2. The molecule has 0 aromatic rings. The normalized spacial score (nSPS) is 33.5. The first kappa shape index (κ1) is 13.3. The molecule has 0 aromatic heterocycles. The molecule has 0 spiro atoms. The van der Waals surface area contributed by atoms with Crippen molar-refractivity contribution in [1.29, 1.82) is 0 Å². The molecular weight excluding hydrogens is 212 g/mol. The lowest BCUT2D eigenvalue weighted by Gasteiger charge is -2.34. The molecule has 2 aliphatic rings. The molecule has 100 valence electrons. The molecule has 3 nitrogen and oxygen atoms in total. The second kappa shape index (κ2) is 6.72. The molecule has 1 heterocycles. The van der Waals surface area contributed by atoms with Crippen molar-refractivity contribution >= 4 is 0 Å². The Hall–Kier alpha value is -0.120. The zero-order chi connectivity index (χ0) is 12.1. The first-order valence-electron chi connectivity index (χ1n) is 7.41. The Morgan fingerprint density at radius 1 is 1.12 bits per heavy atom. The van der Waals surface area contributed by atoms with Gasteiger partial charge in [-0.2, -0.15) is 0 Å². The number of rotatable bonds is 4. The Balaban J connectivity index is 1.63. The van der Waals surface area contributed by atoms with E-state index >= 15 is 0 Å². The number of nitrogens with one attached hydrogen (secondary N) is 1. The predicted octanol–water partition coefficient (Wildman–Crippen LogP) is 1.75. The molecule has 2 rings (SSSR count). The van der Waals surface area contributed by atoms with Gasteiger partial charge in [-0.25, -0.2) is 0 Å². The Kier molecular flexibility index (Phi) is 5.26. The van der Waals surface area contributed by atoms with E-state index < -0.39 is 0 Å². The summed E-state index contributed by atoms with van der Waals surface area (Å²) in [5.41, 5.74) is 0. The molecule has 0 radical (unpaired) electrons. The van der Waals surface area contributed by atoms with Gasteiger partial charge in [-0.1, -0.05) is 6.42 Å². The van der Waals surface area contributed by atoms with Crippen LogP contribution < -0.4 is 5.32 Å². The van der Waals surface area contributed by atoms with Crippen LogP contribution in [-0.4, -0.2) is 47.8 Å². The molecule has 1 atom stereocenters. The maximum Gasteiger partial charge on any atom is 0.0541 e. The number of hydrogen-bond donors (Lipinski definition) is 2. The number of hydrogen-bond acceptors (Lipinski definition) is 3. The number of likely N-dealkylation sites (tertiary alicyclic amines) is 1. The number of nitrogens with zero attached hydrogens (tertiary/aromatic N) is 1. The summed E-state index contributed by atoms with van der Waals surface area (Å²) in [4.78, 5) is 2.62. The monoisotopic (exact) mass is 240 g/mol. The molecule has 17 heavy (non-hydrogen) atoms. The van der Waals surface area contributed by atoms with E-state index in [2.05, 4.69) is 17.1 Å². The minimum Gasteiger partial charge on any atom is -0.393 e. The van der Waals surface area contributed by atoms with Crippen LogP contribution in [0.5, 0.6) is 0 Å². The highest BCUT2D eigenvalue weighted by atomic mass is 16.3. The van der Waals surface area contributed by atoms with E-state index in [1.807, 2.05) is 0 Å². The van der Waals surface area contributed by atoms with E-state index in [0.29, 0.717) is 12.1 Å². The van der Waals surface area contributed by atoms with Crippen LogP contribution in [0.2, 0.25) is 0 Å². The number of aliphatic hydroxyl groups is 1. The summed E-state index contributed by atoms with van der Waals surface area (Å²) in [6.45, 7) is 6.02. The first-order chi connectivity index (χ1) is 8.25. The number of aliphatic hydroxyl groups excluding tert-OH is 1. The topological polar surface area (TPSA) is 35.5 Å². The number of piperidine rings is 1. The van der Waals surface area contributed by atoms with Gasteiger partial charge in [0, 0.05) is 18.6 Å². The third-order valence-corrected chi connectivity index (χ3v) is 4.41. The van der Waals surface area contributed by atoms with Crippen molar-refractivity contribution in [3.63, 3.8) is 0 Å². The maximum absolute atomic E-state index is 9.47. The van der Waals surface area contributed by atoms with Crippen molar-refractivity contribution in [2.24, 2.45) is 0 Å². The van der Waals surface area contributed by atoms with Crippen LogP contribution in [-0.2, 0) is 0 Å². The van der Waals surface area contributed by atoms with E-state index in [-0.39, 0.29) is 6.10 Å². The second-order valence-electron chi connectivity index (χ2n) is 5.86. The summed E-state index contributed by atoms with van der Waals surface area (Å²) in [6.07, 6.45) is 8.39. The molecule has 1 aliphatic carbocycles. The van der Waals surface area contributed by atoms with Crippen molar-refractivity contribution in [1.82, 2.24) is 10.2 Å². The quantitative estimate of drug-likeness (QED) is 0.786. The van der Waals surface area contributed by atoms with Crippen molar-refractivity contribution in [3.05, 3.63) is 0 Å². The van der Waals surface area contributed by atoms with Gasteiger partial charge in [0.25, 0.3) is 0 Å². The van der Waals surface area contributed by atoms with Crippen molar-refractivity contribution < 1.29 is 5.11 Å². The molecule has 1 unspecified atom stereocenters. The third-order valence-electron chi connectivity index (χ3n) is 4.41. The van der Waals surface area contributed by atoms with Crippen LogP contribution in [0.25, 0.3) is 0 Å². The fourth-order valence-electron chi connectivity index (χ4n) is 3.11. The average molecular weight is 240 g/mol. The largest absolute Gasteiger partial charge is 0.393 e. The fraction of sp³-hybridized carbons (Fsp3) is 1.00. The summed E-state index contributed by atoms with van der Waals surface area (Å²) in [7, 11) is 0. The molecule has 2 fully saturated rings. The van der Waals surface area contributed by atoms with Crippen molar-refractivity contribution in [2.75, 3.05) is 19.6 Å². The Bertz CT molecular complexity index is 208. The van der Waals surface area contributed by atoms with Gasteiger partial charge in [0.05, 0.1) is 6.10 Å². The second-order valence-corrected chi connectivity index (χ2v) is 5.86. The molecule has 2 N–H and O–H groups in total. The highest BCUT2D eigenvalue weighted by molar-refractivity contribution is 4.79. The van der Waals surface area contributed by atoms with Gasteiger partial charge in [-0.3, -0.25) is 4.90 Å². The molecule has 0 amide bonds. The maximum atomic E-state index is 9.47. The lowest BCUT2D eigenvalue weighted by atomic mass is 9.93. The predicted molar refractivity (Wildman–Crippen MR) is 71.2 cm³/mol. The van der Waals surface area contributed by atoms with Crippen LogP contribution in [0.3, 0.4) is 0 Å². The van der Waals surface area contributed by atoms with Gasteiger partial charge in [-0.05, 0) is 58.5 Å². The minimum atomic E-state index is -0.0347. The van der Waals surface area contributed by atoms with Gasteiger partial charge >= 0.3 is 0 Å². The molecular formula is C14H28N2O. The lowest BCUT2D eigenvalue weighted by Crippen LogP contribution is -2.46. The van der Waals surface area contributed by atoms with E-state index in [9.17, 15) is 5.11 Å². The Morgan fingerprint density at radius 2 is 1.76 bits per heavy atom. The highest BCUT2D eigenvalue weighted by Gasteiger charge is 2.21. The van der Waals surface area contributed by atoms with E-state index in [4.69, 9.17) is 0 Å². The van der Waals surface area contributed by atoms with E-state index in [0.717, 1.165) is 32.2 Å². The van der Waals surface area contributed by atoms with Crippen molar-refractivity contribution in [3.8, 4) is 0 Å². The highest BCUT2D eigenvalue weighted by Crippen LogP contribution is 2.18. The first-order valence-corrected chi connectivity index (χ1v) is 7.41. The molecule has 1 saturated heterocycles. The molecule has 1 aliphatic heterocycles. The van der Waals surface area contributed by atoms with Gasteiger partial charge < -0.3 is 10.4 Å². The standard InChI is InChI=1S/C14H28N2O/c1-12(16-9-3-2-4-10-16)11-15-13-5-7-14(17)8-6-13/h12-15,17H,2-11H2,1H3. The Labute approximate surface area is 106 Å². The summed E-state index contributed by atoms with van der Waals surface area (Å²) >= 11 is 0. The van der Waals surface area contributed by atoms with Crippen LogP contribution in [0.15, 0.2) is 0 Å². The third kappa shape index (κ3) is 4.23. The van der Waals surface area contributed by atoms with Gasteiger partial charge in [-0.15, -0.1) is 0 Å². The van der Waals surface area contributed by atoms with E-state index in [1.165, 1.54) is 32.4 Å². The average Bonchev–Trinajstić information content (AvgIpc) is 2.39. The van der Waals surface area contributed by atoms with Crippen LogP contribution in [0, 0.1) is 0 Å². The Morgan fingerprint density at radius 3 is 2.41 bits per heavy atom. The minimum absolute atomic E-state index is 0.0347. The van der Waals surface area contributed by atoms with Gasteiger partial charge in [0.1, 0.15) is 0 Å². The molecule has 0 bridgehead atoms.